The van der Waals surface area contributed by atoms with Gasteiger partial charge in [-0.15, -0.1) is 0 Å². The molecule has 0 spiro atoms. The van der Waals surface area contributed by atoms with Crippen molar-refractivity contribution in [1.29, 1.82) is 0 Å². The molecule has 4 rings (SSSR count). The third-order valence-corrected chi connectivity index (χ3v) is 8.94. The van der Waals surface area contributed by atoms with Gasteiger partial charge in [-0.3, -0.25) is 14.4 Å². The van der Waals surface area contributed by atoms with Crippen LogP contribution in [-0.2, 0) is 19.1 Å². The van der Waals surface area contributed by atoms with Gasteiger partial charge in [0.2, 0.25) is 18.0 Å². The number of ether oxygens (including phenoxy) is 1. The normalized spacial score (nSPS) is 30.0. The number of rotatable bonds is 9. The van der Waals surface area contributed by atoms with Crippen LogP contribution in [0.4, 0.5) is 4.79 Å². The molecule has 3 saturated carbocycles. The smallest absolute Gasteiger partial charge is 0.407 e. The molecule has 0 aromatic rings. The third-order valence-electron chi connectivity index (χ3n) is 8.94. The SMILES string of the molecule is CC1CC(N(C(=O)C2C3C(CN2C(=O)CC(C)(C)CNC(=O)OC(C)(C)C)C3(C)C)C(O)C(=O)NC2CC2)C1. The van der Waals surface area contributed by atoms with Gasteiger partial charge in [0.25, 0.3) is 5.91 Å². The summed E-state index contributed by atoms with van der Waals surface area (Å²) in [6, 6.07) is -0.872. The predicted molar refractivity (Wildman–Crippen MR) is 145 cm³/mol. The van der Waals surface area contributed by atoms with Gasteiger partial charge in [0.1, 0.15) is 11.6 Å². The number of hydrogen-bond donors (Lipinski definition) is 3. The average molecular weight is 549 g/mol. The lowest BCUT2D eigenvalue weighted by Gasteiger charge is -2.45. The molecule has 0 bridgehead atoms. The minimum atomic E-state index is -1.57. The zero-order valence-electron chi connectivity index (χ0n) is 24.9. The van der Waals surface area contributed by atoms with E-state index in [0.29, 0.717) is 12.5 Å². The maximum atomic E-state index is 14.2. The molecule has 1 aliphatic heterocycles. The number of aliphatic hydroxyl groups excluding tert-OH is 1. The second kappa shape index (κ2) is 10.2. The Kier molecular flexibility index (Phi) is 7.77. The highest BCUT2D eigenvalue weighted by Crippen LogP contribution is 2.65. The number of nitrogens with one attached hydrogen (secondary N) is 2. The van der Waals surface area contributed by atoms with Crippen molar-refractivity contribution in [2.45, 2.75) is 117 Å². The summed E-state index contributed by atoms with van der Waals surface area (Å²) >= 11 is 0. The van der Waals surface area contributed by atoms with E-state index in [0.717, 1.165) is 25.7 Å². The Bertz CT molecular complexity index is 994. The number of amides is 4. The standard InChI is InChI=1S/C29H48N4O6/c1-16-11-18(12-16)33(25(37)23(35)31-17-9-10-17)24(36)22-21-19(29(21,7)8)14-32(22)20(34)13-28(5,6)15-30-26(38)39-27(2,3)4/h16-19,21-22,25,37H,9-15H2,1-8H3,(H,30,38)(H,31,35). The van der Waals surface area contributed by atoms with Crippen LogP contribution >= 0.6 is 0 Å². The minimum Gasteiger partial charge on any atom is -0.444 e. The molecule has 4 atom stereocenters. The predicted octanol–water partition coefficient (Wildman–Crippen LogP) is 2.63. The fourth-order valence-electron chi connectivity index (χ4n) is 6.39. The van der Waals surface area contributed by atoms with Gasteiger partial charge in [-0.1, -0.05) is 34.6 Å². The number of piperidine rings is 1. The molecule has 1 saturated heterocycles. The van der Waals surface area contributed by atoms with Gasteiger partial charge in [-0.05, 0) is 75.0 Å². The first-order chi connectivity index (χ1) is 17.9. The van der Waals surface area contributed by atoms with Crippen LogP contribution in [0.25, 0.3) is 0 Å². The van der Waals surface area contributed by atoms with Crippen LogP contribution in [0, 0.1) is 28.6 Å². The van der Waals surface area contributed by atoms with E-state index in [2.05, 4.69) is 31.4 Å². The maximum absolute atomic E-state index is 14.2. The molecular weight excluding hydrogens is 500 g/mol. The van der Waals surface area contributed by atoms with E-state index in [-0.39, 0.29) is 54.1 Å². The molecular formula is C29H48N4O6. The highest BCUT2D eigenvalue weighted by molar-refractivity contribution is 5.93. The molecule has 4 aliphatic rings. The third kappa shape index (κ3) is 6.52. The Morgan fingerprint density at radius 1 is 1.10 bits per heavy atom. The molecule has 1 heterocycles. The largest absolute Gasteiger partial charge is 0.444 e. The molecule has 0 aromatic heterocycles. The molecule has 10 nitrogen and oxygen atoms in total. The Balaban J connectivity index is 1.48. The highest BCUT2D eigenvalue weighted by atomic mass is 16.6. The van der Waals surface area contributed by atoms with E-state index < -0.39 is 35.3 Å². The number of aliphatic hydroxyl groups is 1. The van der Waals surface area contributed by atoms with Gasteiger partial charge in [0.15, 0.2) is 0 Å². The highest BCUT2D eigenvalue weighted by Gasteiger charge is 2.70. The molecule has 3 aliphatic carbocycles. The van der Waals surface area contributed by atoms with Crippen LogP contribution in [0.5, 0.6) is 0 Å². The molecule has 3 N–H and O–H groups in total. The maximum Gasteiger partial charge on any atom is 0.407 e. The first-order valence-corrected chi connectivity index (χ1v) is 14.5. The minimum absolute atomic E-state index is 0.0179. The molecule has 0 aromatic carbocycles. The van der Waals surface area contributed by atoms with E-state index in [1.165, 1.54) is 4.90 Å². The average Bonchev–Trinajstić information content (AvgIpc) is 3.62. The summed E-state index contributed by atoms with van der Waals surface area (Å²) in [7, 11) is 0. The Morgan fingerprint density at radius 2 is 1.72 bits per heavy atom. The number of likely N-dealkylation sites (tertiary alicyclic amines) is 1. The first-order valence-electron chi connectivity index (χ1n) is 14.5. The van der Waals surface area contributed by atoms with Crippen molar-refractivity contribution in [3.8, 4) is 0 Å². The molecule has 220 valence electrons. The molecule has 39 heavy (non-hydrogen) atoms. The van der Waals surface area contributed by atoms with Crippen molar-refractivity contribution in [3.63, 3.8) is 0 Å². The van der Waals surface area contributed by atoms with E-state index in [1.807, 2.05) is 13.8 Å². The zero-order chi connectivity index (χ0) is 29.1. The molecule has 0 radical (unpaired) electrons. The van der Waals surface area contributed by atoms with Crippen molar-refractivity contribution in [3.05, 3.63) is 0 Å². The first kappa shape index (κ1) is 29.6. The van der Waals surface area contributed by atoms with Gasteiger partial charge < -0.3 is 30.3 Å². The summed E-state index contributed by atoms with van der Waals surface area (Å²) in [5.74, 6) is -0.447. The van der Waals surface area contributed by atoms with E-state index >= 15 is 0 Å². The number of hydrogen-bond acceptors (Lipinski definition) is 6. The summed E-state index contributed by atoms with van der Waals surface area (Å²) in [5.41, 5.74) is -1.29. The van der Waals surface area contributed by atoms with Gasteiger partial charge in [0.05, 0.1) is 0 Å². The van der Waals surface area contributed by atoms with E-state index in [4.69, 9.17) is 4.74 Å². The number of carbonyl (C=O) groups is 4. The van der Waals surface area contributed by atoms with Crippen molar-refractivity contribution in [1.82, 2.24) is 20.4 Å². The number of fused-ring (bicyclic) bond motifs is 1. The van der Waals surface area contributed by atoms with Gasteiger partial charge >= 0.3 is 6.09 Å². The van der Waals surface area contributed by atoms with Crippen molar-refractivity contribution in [2.75, 3.05) is 13.1 Å². The van der Waals surface area contributed by atoms with Gasteiger partial charge in [0, 0.05) is 31.6 Å². The summed E-state index contributed by atoms with van der Waals surface area (Å²) < 4.78 is 5.32. The molecule has 4 amide bonds. The zero-order valence-corrected chi connectivity index (χ0v) is 24.9. The van der Waals surface area contributed by atoms with Crippen LogP contribution in [0.15, 0.2) is 0 Å². The van der Waals surface area contributed by atoms with E-state index in [1.54, 1.807) is 25.7 Å². The summed E-state index contributed by atoms with van der Waals surface area (Å²) in [4.78, 5) is 55.9. The lowest BCUT2D eigenvalue weighted by Crippen LogP contribution is -2.62. The van der Waals surface area contributed by atoms with Crippen molar-refractivity contribution >= 4 is 23.8 Å². The molecule has 4 unspecified atom stereocenters. The van der Waals surface area contributed by atoms with Crippen LogP contribution in [0.3, 0.4) is 0 Å². The number of carbonyl (C=O) groups excluding carboxylic acids is 4. The van der Waals surface area contributed by atoms with Crippen molar-refractivity contribution in [2.24, 2.45) is 28.6 Å². The van der Waals surface area contributed by atoms with Gasteiger partial charge in [-0.2, -0.15) is 0 Å². The quantitative estimate of drug-likeness (QED) is 0.380. The lowest BCUT2D eigenvalue weighted by atomic mass is 9.80. The Hall–Kier alpha value is -2.36. The topological polar surface area (TPSA) is 128 Å². The van der Waals surface area contributed by atoms with Crippen molar-refractivity contribution < 1.29 is 29.0 Å². The van der Waals surface area contributed by atoms with E-state index in [9.17, 15) is 24.3 Å². The van der Waals surface area contributed by atoms with Gasteiger partial charge in [-0.25, -0.2) is 4.79 Å². The summed E-state index contributed by atoms with van der Waals surface area (Å²) in [6.07, 6.45) is 1.24. The second-order valence-electron chi connectivity index (χ2n) is 14.8. The fourth-order valence-corrected chi connectivity index (χ4v) is 6.39. The fraction of sp³-hybridized carbons (Fsp3) is 0.862. The monoisotopic (exact) mass is 548 g/mol. The van der Waals surface area contributed by atoms with Crippen LogP contribution in [-0.4, -0.2) is 81.8 Å². The molecule has 4 fully saturated rings. The van der Waals surface area contributed by atoms with Crippen LogP contribution in [0.1, 0.15) is 87.5 Å². The lowest BCUT2D eigenvalue weighted by molar-refractivity contribution is -0.167. The summed E-state index contributed by atoms with van der Waals surface area (Å²) in [6.45, 7) is 16.2. The van der Waals surface area contributed by atoms with Crippen LogP contribution in [0.2, 0.25) is 0 Å². The molecule has 10 heteroatoms. The Labute approximate surface area is 232 Å². The number of alkyl carbamates (subject to hydrolysis) is 1. The van der Waals surface area contributed by atoms with Crippen LogP contribution < -0.4 is 10.6 Å². The Morgan fingerprint density at radius 3 is 2.26 bits per heavy atom. The number of nitrogens with zero attached hydrogens (tertiary/aromatic N) is 2. The summed E-state index contributed by atoms with van der Waals surface area (Å²) in [5, 5.41) is 16.7. The second-order valence-corrected chi connectivity index (χ2v) is 14.8.